The van der Waals surface area contributed by atoms with Gasteiger partial charge in [0.15, 0.2) is 0 Å². The monoisotopic (exact) mass is 1540 g/mol. The van der Waals surface area contributed by atoms with Crippen LogP contribution in [-0.4, -0.2) is 35.3 Å². The summed E-state index contributed by atoms with van der Waals surface area (Å²) in [6, 6.07) is 61.1. The number of pyridine rings is 3. The molecule has 0 aliphatic carbocycles. The van der Waals surface area contributed by atoms with Crippen LogP contribution in [0, 0.1) is 11.6 Å². The molecule has 0 radical (unpaired) electrons. The molecular weight excluding hydrogens is 1490 g/mol. The van der Waals surface area contributed by atoms with E-state index >= 15 is 0 Å². The van der Waals surface area contributed by atoms with Crippen molar-refractivity contribution in [3.63, 3.8) is 0 Å². The van der Waals surface area contributed by atoms with Gasteiger partial charge in [-0.1, -0.05) is 164 Å². The number of hydrogen-bond donors (Lipinski definition) is 2. The van der Waals surface area contributed by atoms with Crippen LogP contribution in [0.3, 0.4) is 0 Å². The Morgan fingerprint density at radius 3 is 1.15 bits per heavy atom. The topological polar surface area (TPSA) is 176 Å². The van der Waals surface area contributed by atoms with E-state index < -0.39 is 50.1 Å². The number of H-pyrrole nitrogens is 2. The minimum absolute atomic E-state index is 0. The molecule has 0 aliphatic heterocycles. The van der Waals surface area contributed by atoms with E-state index in [1.807, 2.05) is 76.9 Å². The number of alkyl halides is 6. The molecule has 2 unspecified atom stereocenters. The van der Waals surface area contributed by atoms with Gasteiger partial charge >= 0.3 is 52.6 Å². The number of rotatable bonds is 10. The van der Waals surface area contributed by atoms with Crippen molar-refractivity contribution >= 4 is 36.0 Å². The normalized spacial score (nSPS) is 12.1. The molecule has 0 saturated carbocycles. The first-order chi connectivity index (χ1) is 39.3. The van der Waals surface area contributed by atoms with Crippen LogP contribution >= 0.6 is 14.7 Å². The van der Waals surface area contributed by atoms with Gasteiger partial charge < -0.3 is 18.9 Å². The van der Waals surface area contributed by atoms with Crippen LogP contribution < -0.4 is 31.0 Å². The zero-order valence-electron chi connectivity index (χ0n) is 43.5. The maximum absolute atomic E-state index is 13.9. The van der Waals surface area contributed by atoms with Gasteiger partial charge in [-0.2, -0.15) is 36.5 Å². The summed E-state index contributed by atoms with van der Waals surface area (Å²) in [5.74, 6) is -1.35. The molecule has 5 aromatic heterocycles. The maximum atomic E-state index is 13.9. The molecule has 0 spiro atoms. The number of hydrogen-bond acceptors (Lipinski definition) is 9. The number of benzene rings is 6. The van der Waals surface area contributed by atoms with Crippen molar-refractivity contribution in [3.8, 4) is 22.8 Å². The average Bonchev–Trinajstić information content (AvgIpc) is 3.11. The first kappa shape index (κ1) is 67.1. The Morgan fingerprint density at radius 2 is 0.786 bits per heavy atom. The van der Waals surface area contributed by atoms with Gasteiger partial charge in [-0.05, 0) is 83.3 Å². The van der Waals surface area contributed by atoms with Crippen LogP contribution in [0.5, 0.6) is 0 Å². The molecule has 23 heteroatoms. The molecule has 0 amide bonds. The smallest absolute Gasteiger partial charge is 0.793 e. The second-order valence-corrected chi connectivity index (χ2v) is 21.6. The molecule has 2 N–H and O–H groups in total. The van der Waals surface area contributed by atoms with Gasteiger partial charge in [-0.25, -0.2) is 8.78 Å². The minimum Gasteiger partial charge on any atom is -0.793 e. The summed E-state index contributed by atoms with van der Waals surface area (Å²) < 4.78 is 126. The summed E-state index contributed by atoms with van der Waals surface area (Å²) in [4.78, 5) is 37.3. The fraction of sp³-hybridized carbons (Fsp3) is 0.0656. The van der Waals surface area contributed by atoms with Gasteiger partial charge in [-0.15, -0.1) is 0 Å². The quantitative estimate of drug-likeness (QED) is 0.0997. The summed E-state index contributed by atoms with van der Waals surface area (Å²) in [7, 11) is -7.86. The Labute approximate surface area is 505 Å². The van der Waals surface area contributed by atoms with Crippen molar-refractivity contribution in [1.82, 2.24) is 35.3 Å². The van der Waals surface area contributed by atoms with Gasteiger partial charge in [0.2, 0.25) is 0 Å². The van der Waals surface area contributed by atoms with E-state index in [4.69, 9.17) is 0 Å². The van der Waals surface area contributed by atoms with Crippen molar-refractivity contribution < 1.29 is 94.3 Å². The fourth-order valence-electron chi connectivity index (χ4n) is 7.65. The first-order valence-electron chi connectivity index (χ1n) is 24.6. The summed E-state index contributed by atoms with van der Waals surface area (Å²) in [5, 5.41) is 12.1. The molecule has 0 aliphatic rings. The largest absolute Gasteiger partial charge is 3.00 e. The van der Waals surface area contributed by atoms with Crippen molar-refractivity contribution in [1.29, 1.82) is 0 Å². The van der Waals surface area contributed by atoms with Crippen LogP contribution in [0.4, 0.5) is 35.1 Å². The van der Waals surface area contributed by atoms with Crippen LogP contribution in [0.25, 0.3) is 22.8 Å². The predicted octanol–water partition coefficient (Wildman–Crippen LogP) is 12.1. The zero-order chi connectivity index (χ0) is 58.6. The predicted molar refractivity (Wildman–Crippen MR) is 296 cm³/mol. The molecule has 0 fully saturated rings. The zero-order valence-corrected chi connectivity index (χ0v) is 50.1. The van der Waals surface area contributed by atoms with Crippen molar-refractivity contribution in [3.05, 3.63) is 295 Å². The van der Waals surface area contributed by atoms with Crippen molar-refractivity contribution in [2.75, 3.05) is 0 Å². The number of nitrogens with one attached hydrogen (secondary N) is 2. The van der Waals surface area contributed by atoms with E-state index in [2.05, 4.69) is 25.1 Å². The van der Waals surface area contributed by atoms with Crippen LogP contribution in [-0.2, 0) is 74.5 Å². The van der Waals surface area contributed by atoms with E-state index in [1.165, 1.54) is 36.7 Å². The van der Waals surface area contributed by atoms with Crippen molar-refractivity contribution in [2.45, 2.75) is 25.2 Å². The molecule has 84 heavy (non-hydrogen) atoms. The second kappa shape index (κ2) is 31.8. The Balaban J connectivity index is 0.000000200. The van der Waals surface area contributed by atoms with E-state index in [9.17, 15) is 54.0 Å². The summed E-state index contributed by atoms with van der Waals surface area (Å²) in [5.41, 5.74) is 2.09. The van der Waals surface area contributed by atoms with E-state index in [0.717, 1.165) is 35.4 Å². The molecule has 0 saturated heterocycles. The fourth-order valence-corrected chi connectivity index (χ4v) is 11.0. The van der Waals surface area contributed by atoms with Gasteiger partial charge in [0.05, 0.1) is 26.1 Å². The van der Waals surface area contributed by atoms with Gasteiger partial charge in [0, 0.05) is 58.5 Å². The third kappa shape index (κ3) is 19.4. The maximum Gasteiger partial charge on any atom is 3.00 e. The molecular formula is C61H47F8Ir2N7O4P2+4. The van der Waals surface area contributed by atoms with E-state index in [0.29, 0.717) is 34.0 Å². The minimum atomic E-state index is -4.40. The molecule has 11 aromatic rings. The van der Waals surface area contributed by atoms with Gasteiger partial charge in [-0.3, -0.25) is 25.1 Å². The summed E-state index contributed by atoms with van der Waals surface area (Å²) in [6.45, 7) is 0. The van der Waals surface area contributed by atoms with Gasteiger partial charge in [0.25, 0.3) is 0 Å². The number of nitrogens with zero attached hydrogens (tertiary/aromatic N) is 5. The molecule has 0 bridgehead atoms. The van der Waals surface area contributed by atoms with Crippen LogP contribution in [0.1, 0.15) is 33.6 Å². The van der Waals surface area contributed by atoms with E-state index in [-0.39, 0.29) is 74.2 Å². The Morgan fingerprint density at radius 1 is 0.405 bits per heavy atom. The summed E-state index contributed by atoms with van der Waals surface area (Å²) in [6.07, 6.45) is -1.63. The summed E-state index contributed by atoms with van der Waals surface area (Å²) >= 11 is 0. The molecule has 11 nitrogen and oxygen atoms in total. The van der Waals surface area contributed by atoms with Crippen LogP contribution in [0.2, 0.25) is 0 Å². The molecule has 430 valence electrons. The molecule has 5 heterocycles. The third-order valence-electron chi connectivity index (χ3n) is 11.6. The van der Waals surface area contributed by atoms with Gasteiger partial charge in [0.1, 0.15) is 34.4 Å². The van der Waals surface area contributed by atoms with Crippen LogP contribution in [0.15, 0.2) is 249 Å². The SMILES string of the molecule is FC(F)(F)c1cc(-c2ccccn2)n[nH]1.FC(F)(F)c1cc(-c2ccccn2)n[nH]1.O=P([O-])(c1ccccc1)c1ccccc1Cc1ccc(F)cc1F.O=P([O-])(c1ccccc1)c1ccccc1Cc1ccccc1.[Ir+3].[Ir+3].c1ccncc1. The molecule has 2 atom stereocenters. The first-order valence-corrected chi connectivity index (χ1v) is 27.9. The Bertz CT molecular complexity index is 3710. The number of aromatic amines is 2. The average molecular weight is 1540 g/mol. The second-order valence-electron chi connectivity index (χ2n) is 17.4. The number of aromatic nitrogens is 7. The third-order valence-corrected chi connectivity index (χ3v) is 15.7. The Hall–Kier alpha value is -7.69. The molecule has 6 aromatic carbocycles. The van der Waals surface area contributed by atoms with Crippen molar-refractivity contribution in [2.24, 2.45) is 0 Å². The number of halogens is 8. The molecule has 11 rings (SSSR count). The standard InChI is InChI=1S/C19H15F2O2P.C19H17O2P.2C9H6F3N3.C5H5N.2Ir/c20-16-11-10-14(18(21)13-16)12-15-6-4-5-9-19(15)24(22,23)17-7-2-1-3-8-17;20-22(21,18-12-5-2-6-13-18)19-14-8-7-11-17(19)15-16-9-3-1-4-10-16;2*10-9(11,12)8-5-7(14-15-8)6-3-1-2-4-13-6;1-2-4-6-5-3-1;;/h1-11,13H,12H2,(H,22,23);1-14H,15H2,(H,20,21);2*1-5H,(H,14,15);1-5H;;/q;;;;;2*+3/p-2. The van der Waals surface area contributed by atoms with E-state index in [1.54, 1.807) is 122 Å². The Kier molecular flexibility index (Phi) is 25.4.